The van der Waals surface area contributed by atoms with Gasteiger partial charge < -0.3 is 35.8 Å². The van der Waals surface area contributed by atoms with Gasteiger partial charge in [0.25, 0.3) is 0 Å². The van der Waals surface area contributed by atoms with Crippen LogP contribution in [0.3, 0.4) is 0 Å². The second-order valence-corrected chi connectivity index (χ2v) is 12.8. The molecule has 1 aromatic heterocycles. The minimum absolute atomic E-state index is 0.0784. The van der Waals surface area contributed by atoms with Crippen molar-refractivity contribution >= 4 is 39.4 Å². The van der Waals surface area contributed by atoms with Crippen molar-refractivity contribution < 1.29 is 64.8 Å². The van der Waals surface area contributed by atoms with Crippen LogP contribution in [0.25, 0.3) is 10.2 Å². The Balaban J connectivity index is 0.000000587. The smallest absolute Gasteiger partial charge is 0.490 e. The topological polar surface area (TPSA) is 172 Å². The lowest BCUT2D eigenvalue weighted by Crippen LogP contribution is -2.45. The third-order valence-corrected chi connectivity index (χ3v) is 8.87. The van der Waals surface area contributed by atoms with Crippen LogP contribution in [0.5, 0.6) is 5.75 Å². The summed E-state index contributed by atoms with van der Waals surface area (Å²) < 4.78 is 91.2. The van der Waals surface area contributed by atoms with E-state index < -0.39 is 35.9 Å². The van der Waals surface area contributed by atoms with Gasteiger partial charge in [-0.3, -0.25) is 9.59 Å². The minimum atomic E-state index is -5.08. The van der Waals surface area contributed by atoms with Crippen LogP contribution in [0.15, 0.2) is 35.1 Å². The molecule has 1 fully saturated rings. The lowest BCUT2D eigenvalue weighted by Gasteiger charge is -2.32. The predicted molar refractivity (Wildman–Crippen MR) is 179 cm³/mol. The van der Waals surface area contributed by atoms with Crippen molar-refractivity contribution in [2.75, 3.05) is 32.7 Å². The van der Waals surface area contributed by atoms with Crippen LogP contribution in [0.1, 0.15) is 56.1 Å². The maximum Gasteiger partial charge on any atom is 0.490 e. The molecule has 0 atom stereocenters. The van der Waals surface area contributed by atoms with Gasteiger partial charge >= 0.3 is 29.2 Å². The molecule has 0 aliphatic heterocycles. The summed E-state index contributed by atoms with van der Waals surface area (Å²) in [6.07, 6.45) is -1.89. The fourth-order valence-corrected chi connectivity index (χ4v) is 6.21. The fraction of sp³-hybridized carbons (Fsp3) is 0.515. The normalized spacial score (nSPS) is 13.7. The summed E-state index contributed by atoms with van der Waals surface area (Å²) in [6, 6.07) is 7.33. The summed E-state index contributed by atoms with van der Waals surface area (Å²) in [5, 5.41) is 30.9. The lowest BCUT2D eigenvalue weighted by molar-refractivity contribution is -0.193. The second kappa shape index (κ2) is 21.4. The van der Waals surface area contributed by atoms with Crippen molar-refractivity contribution in [1.82, 2.24) is 20.5 Å². The first-order valence-electron chi connectivity index (χ1n) is 16.4. The number of aromatic amines is 1. The molecule has 4 rings (SSSR count). The first-order valence-corrected chi connectivity index (χ1v) is 17.2. The molecular formula is C33H40F8N4O7S. The van der Waals surface area contributed by atoms with Crippen molar-refractivity contribution in [3.63, 3.8) is 0 Å². The average molecular weight is 789 g/mol. The SMILES string of the molecule is O=C(CCNCCc1ccc(F)cc1F)N(CCNCCc1ccc(O)c2[nH]c(=O)sc12)C1CCCCCC1.O=C(O)C(F)(F)F.O=C(O)C(F)(F)F. The van der Waals surface area contributed by atoms with E-state index in [1.807, 2.05) is 11.0 Å². The Morgan fingerprint density at radius 2 is 1.34 bits per heavy atom. The van der Waals surface area contributed by atoms with Crippen molar-refractivity contribution in [3.8, 4) is 5.75 Å². The number of fused-ring (bicyclic) bond motifs is 1. The highest BCUT2D eigenvalue weighted by atomic mass is 32.1. The van der Waals surface area contributed by atoms with E-state index in [0.29, 0.717) is 63.1 Å². The number of aliphatic carboxylic acids is 2. The van der Waals surface area contributed by atoms with E-state index in [0.717, 1.165) is 53.3 Å². The zero-order valence-electron chi connectivity index (χ0n) is 28.2. The summed E-state index contributed by atoms with van der Waals surface area (Å²) in [6.45, 7) is 3.02. The maximum absolute atomic E-state index is 13.8. The number of aromatic hydroxyl groups is 1. The van der Waals surface area contributed by atoms with Gasteiger partial charge in [-0.15, -0.1) is 0 Å². The Kier molecular flexibility index (Phi) is 18.1. The number of rotatable bonds is 13. The van der Waals surface area contributed by atoms with Gasteiger partial charge in [0.15, 0.2) is 0 Å². The molecule has 0 bridgehead atoms. The Morgan fingerprint density at radius 3 is 1.89 bits per heavy atom. The van der Waals surface area contributed by atoms with Gasteiger partial charge in [-0.25, -0.2) is 18.4 Å². The van der Waals surface area contributed by atoms with Crippen LogP contribution in [-0.2, 0) is 27.2 Å². The molecule has 296 valence electrons. The summed E-state index contributed by atoms with van der Waals surface area (Å²) >= 11 is 1.11. The van der Waals surface area contributed by atoms with Crippen molar-refractivity contribution in [2.24, 2.45) is 0 Å². The summed E-state index contributed by atoms with van der Waals surface area (Å²) in [5.74, 6) is -6.44. The molecule has 1 saturated carbocycles. The minimum Gasteiger partial charge on any atom is -0.506 e. The number of benzene rings is 2. The standard InChI is InChI=1S/C29H38F2N4O3S.2C2HF3O2/c30-22-9-7-20(24(31)19-22)11-14-32-16-13-26(37)35(23-5-3-1-2-4-6-23)18-17-33-15-12-21-8-10-25(36)27-28(21)39-29(38)34-27;2*3-2(4,5)1(6)7/h7-10,19,23,32-33,36H,1-6,11-18H2,(H,34,38);2*(H,6,7). The molecule has 0 saturated heterocycles. The number of carbonyl (C=O) groups excluding carboxylic acids is 1. The van der Waals surface area contributed by atoms with Crippen molar-refractivity contribution in [3.05, 3.63) is 62.8 Å². The number of aromatic nitrogens is 1. The number of phenols is 1. The number of hydrogen-bond acceptors (Lipinski definition) is 8. The number of alkyl halides is 6. The molecule has 3 aromatic rings. The van der Waals surface area contributed by atoms with Crippen LogP contribution in [0.4, 0.5) is 35.1 Å². The average Bonchev–Trinajstić information content (AvgIpc) is 3.27. The number of nitrogens with zero attached hydrogens (tertiary/aromatic N) is 1. The van der Waals surface area contributed by atoms with Crippen molar-refractivity contribution in [1.29, 1.82) is 0 Å². The van der Waals surface area contributed by atoms with E-state index in [2.05, 4.69) is 15.6 Å². The fourth-order valence-electron chi connectivity index (χ4n) is 5.31. The highest BCUT2D eigenvalue weighted by Gasteiger charge is 2.39. The van der Waals surface area contributed by atoms with Gasteiger partial charge in [-0.1, -0.05) is 49.2 Å². The number of carboxylic acids is 2. The van der Waals surface area contributed by atoms with Crippen LogP contribution in [0.2, 0.25) is 0 Å². The molecule has 0 unspecified atom stereocenters. The van der Waals surface area contributed by atoms with E-state index >= 15 is 0 Å². The summed E-state index contributed by atoms with van der Waals surface area (Å²) in [5.41, 5.74) is 1.95. The zero-order chi connectivity index (χ0) is 39.8. The van der Waals surface area contributed by atoms with Gasteiger partial charge in [0.05, 0.1) is 4.70 Å². The molecule has 1 amide bonds. The molecular weight excluding hydrogens is 748 g/mol. The van der Waals surface area contributed by atoms with Gasteiger partial charge in [0.1, 0.15) is 22.9 Å². The van der Waals surface area contributed by atoms with Crippen molar-refractivity contribution in [2.45, 2.75) is 76.2 Å². The Bertz CT molecular complexity index is 1670. The van der Waals surface area contributed by atoms with Gasteiger partial charge in [-0.05, 0) is 62.0 Å². The monoisotopic (exact) mass is 788 g/mol. The van der Waals surface area contributed by atoms with E-state index in [-0.39, 0.29) is 22.6 Å². The van der Waals surface area contributed by atoms with Crippen LogP contribution < -0.4 is 15.5 Å². The van der Waals surface area contributed by atoms with Crippen LogP contribution >= 0.6 is 11.3 Å². The molecule has 20 heteroatoms. The third-order valence-electron chi connectivity index (χ3n) is 7.91. The molecule has 53 heavy (non-hydrogen) atoms. The predicted octanol–water partition coefficient (Wildman–Crippen LogP) is 5.75. The molecule has 6 N–H and O–H groups in total. The number of amides is 1. The second-order valence-electron chi connectivity index (χ2n) is 11.8. The number of carboxylic acid groups (broad SMARTS) is 2. The molecule has 1 heterocycles. The molecule has 0 spiro atoms. The number of phenolic OH excluding ortho intramolecular Hbond substituents is 1. The van der Waals surface area contributed by atoms with Gasteiger partial charge in [0, 0.05) is 38.2 Å². The molecule has 0 radical (unpaired) electrons. The Hall–Kier alpha value is -4.30. The highest BCUT2D eigenvalue weighted by Crippen LogP contribution is 2.28. The molecule has 1 aliphatic carbocycles. The number of hydrogen-bond donors (Lipinski definition) is 6. The largest absolute Gasteiger partial charge is 0.506 e. The van der Waals surface area contributed by atoms with Gasteiger partial charge in [0.2, 0.25) is 5.91 Å². The molecule has 11 nitrogen and oxygen atoms in total. The number of nitrogens with one attached hydrogen (secondary N) is 3. The lowest BCUT2D eigenvalue weighted by atomic mass is 10.1. The first-order chi connectivity index (χ1) is 24.8. The highest BCUT2D eigenvalue weighted by molar-refractivity contribution is 7.16. The first kappa shape index (κ1) is 44.9. The van der Waals surface area contributed by atoms with E-state index in [1.165, 1.54) is 25.0 Å². The van der Waals surface area contributed by atoms with E-state index in [9.17, 15) is 49.8 Å². The Labute approximate surface area is 302 Å². The molecule has 2 aromatic carbocycles. The number of carbonyl (C=O) groups is 3. The Morgan fingerprint density at radius 1 is 0.811 bits per heavy atom. The maximum atomic E-state index is 13.8. The quantitative estimate of drug-likeness (QED) is 0.0718. The van der Waals surface area contributed by atoms with Gasteiger partial charge in [-0.2, -0.15) is 26.3 Å². The van der Waals surface area contributed by atoms with Crippen LogP contribution in [-0.4, -0.2) is 94.2 Å². The van der Waals surface area contributed by atoms with Crippen LogP contribution in [0, 0.1) is 11.6 Å². The van der Waals surface area contributed by atoms with E-state index in [4.69, 9.17) is 19.8 Å². The molecule has 1 aliphatic rings. The zero-order valence-corrected chi connectivity index (χ0v) is 29.0. The number of halogens is 8. The third kappa shape index (κ3) is 16.1. The summed E-state index contributed by atoms with van der Waals surface area (Å²) in [7, 11) is 0. The number of thiazole rings is 1. The summed E-state index contributed by atoms with van der Waals surface area (Å²) in [4.78, 5) is 47.3. The van der Waals surface area contributed by atoms with E-state index in [1.54, 1.807) is 6.07 Å². The number of H-pyrrole nitrogens is 1.